The van der Waals surface area contributed by atoms with Crippen LogP contribution in [-0.4, -0.2) is 28.1 Å². The molecule has 2 N–H and O–H groups in total. The van der Waals surface area contributed by atoms with Crippen LogP contribution in [0.4, 0.5) is 0 Å². The number of amides is 1. The highest BCUT2D eigenvalue weighted by atomic mass is 35.5. The molecule has 0 aromatic carbocycles. The summed E-state index contributed by atoms with van der Waals surface area (Å²) in [5.41, 5.74) is 0.527. The van der Waals surface area contributed by atoms with E-state index in [-0.39, 0.29) is 11.8 Å². The molecule has 0 bridgehead atoms. The maximum atomic E-state index is 11.9. The molecule has 6 heteroatoms. The number of rotatable bonds is 7. The van der Waals surface area contributed by atoms with Crippen LogP contribution in [0.1, 0.15) is 37.2 Å². The van der Waals surface area contributed by atoms with Gasteiger partial charge in [0.2, 0.25) is 0 Å². The van der Waals surface area contributed by atoms with Crippen LogP contribution in [-0.2, 0) is 11.3 Å². The molecule has 1 aromatic heterocycles. The fourth-order valence-corrected chi connectivity index (χ4v) is 1.97. The number of carbonyl (C=O) groups is 2. The Morgan fingerprint density at radius 2 is 2.21 bits per heavy atom. The first-order valence-corrected chi connectivity index (χ1v) is 6.70. The predicted molar refractivity (Wildman–Crippen MR) is 73.5 cm³/mol. The van der Waals surface area contributed by atoms with E-state index in [1.807, 2.05) is 6.92 Å². The molecule has 0 saturated carbocycles. The summed E-state index contributed by atoms with van der Waals surface area (Å²) < 4.78 is 1.78. The number of aryl methyl sites for hydroxylation is 1. The number of hydrogen-bond donors (Lipinski definition) is 2. The number of halogens is 1. The van der Waals surface area contributed by atoms with Crippen molar-refractivity contribution in [3.05, 3.63) is 23.0 Å². The average Bonchev–Trinajstić information content (AvgIpc) is 2.75. The summed E-state index contributed by atoms with van der Waals surface area (Å²) in [6, 6.07) is 1.63. The summed E-state index contributed by atoms with van der Waals surface area (Å²) in [5, 5.41) is 12.0. The summed E-state index contributed by atoms with van der Waals surface area (Å²) >= 11 is 5.86. The van der Waals surface area contributed by atoms with Gasteiger partial charge in [-0.2, -0.15) is 0 Å². The minimum absolute atomic E-state index is 0.184. The Kier molecular flexibility index (Phi) is 5.89. The monoisotopic (exact) mass is 286 g/mol. The minimum atomic E-state index is -0.807. The molecule has 19 heavy (non-hydrogen) atoms. The number of aromatic nitrogens is 1. The number of aliphatic carboxylic acids is 1. The molecular weight excluding hydrogens is 268 g/mol. The molecule has 0 fully saturated rings. The maximum absolute atomic E-state index is 11.9. The first kappa shape index (κ1) is 15.6. The Bertz CT molecular complexity index is 457. The molecule has 0 saturated heterocycles. The Hall–Kier alpha value is -1.49. The van der Waals surface area contributed by atoms with E-state index in [9.17, 15) is 9.59 Å². The van der Waals surface area contributed by atoms with Gasteiger partial charge in [0, 0.05) is 19.3 Å². The summed E-state index contributed by atoms with van der Waals surface area (Å²) in [6.07, 6.45) is 2.90. The van der Waals surface area contributed by atoms with Gasteiger partial charge in [0.15, 0.2) is 0 Å². The van der Waals surface area contributed by atoms with E-state index in [1.165, 1.54) is 0 Å². The largest absolute Gasteiger partial charge is 0.481 e. The highest BCUT2D eigenvalue weighted by Gasteiger charge is 2.13. The Balaban J connectivity index is 2.41. The molecule has 0 radical (unpaired) electrons. The Labute approximate surface area is 117 Å². The second-order valence-electron chi connectivity index (χ2n) is 4.47. The quantitative estimate of drug-likeness (QED) is 0.756. The number of nitrogens with zero attached hydrogens (tertiary/aromatic N) is 1. The van der Waals surface area contributed by atoms with Crippen molar-refractivity contribution in [3.63, 3.8) is 0 Å². The number of hydrogen-bond acceptors (Lipinski definition) is 2. The molecule has 1 rings (SSSR count). The topological polar surface area (TPSA) is 71.3 Å². The number of nitrogens with one attached hydrogen (secondary N) is 1. The zero-order valence-electron chi connectivity index (χ0n) is 11.1. The fourth-order valence-electron chi connectivity index (χ4n) is 1.75. The lowest BCUT2D eigenvalue weighted by Gasteiger charge is -2.09. The zero-order valence-corrected chi connectivity index (χ0v) is 11.9. The van der Waals surface area contributed by atoms with E-state index in [4.69, 9.17) is 16.7 Å². The number of carboxylic acid groups (broad SMARTS) is 1. The van der Waals surface area contributed by atoms with Gasteiger partial charge in [0.25, 0.3) is 5.91 Å². The second kappa shape index (κ2) is 7.19. The number of carbonyl (C=O) groups excluding carboxylic acids is 1. The zero-order chi connectivity index (χ0) is 14.4. The van der Waals surface area contributed by atoms with Crippen molar-refractivity contribution < 1.29 is 14.7 Å². The molecule has 0 aliphatic heterocycles. The molecule has 1 unspecified atom stereocenters. The van der Waals surface area contributed by atoms with Crippen LogP contribution in [0, 0.1) is 5.92 Å². The lowest BCUT2D eigenvalue weighted by molar-refractivity contribution is -0.141. The smallest absolute Gasteiger partial charge is 0.306 e. The molecule has 1 atom stereocenters. The summed E-state index contributed by atoms with van der Waals surface area (Å²) in [6.45, 7) is 4.72. The highest BCUT2D eigenvalue weighted by Crippen LogP contribution is 2.14. The third-order valence-corrected chi connectivity index (χ3v) is 3.16. The lowest BCUT2D eigenvalue weighted by atomic mass is 10.1. The third kappa shape index (κ3) is 4.59. The van der Waals surface area contributed by atoms with Gasteiger partial charge in [-0.15, -0.1) is 0 Å². The van der Waals surface area contributed by atoms with E-state index >= 15 is 0 Å². The van der Waals surface area contributed by atoms with Crippen LogP contribution in [0.25, 0.3) is 0 Å². The molecular formula is C13H19ClN2O3. The van der Waals surface area contributed by atoms with Crippen LogP contribution >= 0.6 is 11.6 Å². The van der Waals surface area contributed by atoms with Crippen LogP contribution in [0.3, 0.4) is 0 Å². The van der Waals surface area contributed by atoms with Crippen molar-refractivity contribution in [3.8, 4) is 0 Å². The van der Waals surface area contributed by atoms with Crippen LogP contribution in [0.15, 0.2) is 12.3 Å². The first-order chi connectivity index (χ1) is 8.95. The fraction of sp³-hybridized carbons (Fsp3) is 0.538. The van der Waals surface area contributed by atoms with Crippen molar-refractivity contribution >= 4 is 23.5 Å². The first-order valence-electron chi connectivity index (χ1n) is 6.32. The Morgan fingerprint density at radius 1 is 1.53 bits per heavy atom. The normalized spacial score (nSPS) is 12.2. The highest BCUT2D eigenvalue weighted by molar-refractivity contribution is 6.31. The van der Waals surface area contributed by atoms with Gasteiger partial charge in [-0.3, -0.25) is 9.59 Å². The molecule has 1 heterocycles. The van der Waals surface area contributed by atoms with E-state index in [2.05, 4.69) is 5.32 Å². The van der Waals surface area contributed by atoms with Crippen LogP contribution < -0.4 is 5.32 Å². The van der Waals surface area contributed by atoms with Crippen molar-refractivity contribution in [1.29, 1.82) is 0 Å². The van der Waals surface area contributed by atoms with Gasteiger partial charge in [-0.25, -0.2) is 0 Å². The molecule has 0 aliphatic rings. The van der Waals surface area contributed by atoms with Gasteiger partial charge >= 0.3 is 5.97 Å². The van der Waals surface area contributed by atoms with Crippen molar-refractivity contribution in [2.45, 2.75) is 33.2 Å². The van der Waals surface area contributed by atoms with Gasteiger partial charge in [-0.1, -0.05) is 18.5 Å². The van der Waals surface area contributed by atoms with E-state index in [0.717, 1.165) is 0 Å². The summed E-state index contributed by atoms with van der Waals surface area (Å²) in [7, 11) is 0. The van der Waals surface area contributed by atoms with Gasteiger partial charge in [0.05, 0.1) is 10.9 Å². The summed E-state index contributed by atoms with van der Waals surface area (Å²) in [5.74, 6) is -1.37. The van der Waals surface area contributed by atoms with Crippen LogP contribution in [0.5, 0.6) is 0 Å². The predicted octanol–water partition coefficient (Wildman–Crippen LogP) is 2.39. The SMILES string of the molecule is CCn1cc(Cl)cc1C(=O)NCCCC(C)C(=O)O. The van der Waals surface area contributed by atoms with Crippen molar-refractivity contribution in [2.75, 3.05) is 6.54 Å². The molecule has 106 valence electrons. The second-order valence-corrected chi connectivity index (χ2v) is 4.90. The standard InChI is InChI=1S/C13H19ClN2O3/c1-3-16-8-10(14)7-11(16)12(17)15-6-4-5-9(2)13(18)19/h7-9H,3-6H2,1-2H3,(H,15,17)(H,18,19). The van der Waals surface area contributed by atoms with Gasteiger partial charge in [-0.05, 0) is 25.8 Å². The average molecular weight is 287 g/mol. The molecule has 0 aliphatic carbocycles. The van der Waals surface area contributed by atoms with E-state index in [1.54, 1.807) is 23.8 Å². The van der Waals surface area contributed by atoms with Gasteiger partial charge < -0.3 is 15.0 Å². The summed E-state index contributed by atoms with van der Waals surface area (Å²) in [4.78, 5) is 22.5. The van der Waals surface area contributed by atoms with Gasteiger partial charge in [0.1, 0.15) is 5.69 Å². The van der Waals surface area contributed by atoms with Crippen molar-refractivity contribution in [1.82, 2.24) is 9.88 Å². The number of carboxylic acids is 1. The maximum Gasteiger partial charge on any atom is 0.306 e. The van der Waals surface area contributed by atoms with E-state index < -0.39 is 5.97 Å². The molecule has 5 nitrogen and oxygen atoms in total. The van der Waals surface area contributed by atoms with Crippen LogP contribution in [0.2, 0.25) is 5.02 Å². The minimum Gasteiger partial charge on any atom is -0.481 e. The molecule has 1 amide bonds. The Morgan fingerprint density at radius 3 is 2.79 bits per heavy atom. The lowest BCUT2D eigenvalue weighted by Crippen LogP contribution is -2.27. The van der Waals surface area contributed by atoms with E-state index in [0.29, 0.717) is 36.6 Å². The molecule has 0 spiro atoms. The van der Waals surface area contributed by atoms with Crippen molar-refractivity contribution in [2.24, 2.45) is 5.92 Å². The third-order valence-electron chi connectivity index (χ3n) is 2.96. The molecule has 1 aromatic rings.